The highest BCUT2D eigenvalue weighted by Crippen LogP contribution is 2.52. The van der Waals surface area contributed by atoms with E-state index in [0.29, 0.717) is 19.0 Å². The molecule has 0 radical (unpaired) electrons. The van der Waals surface area contributed by atoms with Crippen molar-refractivity contribution in [2.24, 2.45) is 0 Å². The van der Waals surface area contributed by atoms with Gasteiger partial charge >= 0.3 is 7.82 Å². The first-order valence-electron chi connectivity index (χ1n) is 5.54. The van der Waals surface area contributed by atoms with E-state index in [1.807, 2.05) is 12.2 Å². The Kier molecular flexibility index (Phi) is 5.26. The standard InChI is InChI=1S/C11H19O4P/c1-4-13-16(12,14-5-2)15-11-8-6-10(3)7-9-11/h6,8H,4-5,7,9H2,1-3H3. The molecule has 0 saturated carbocycles. The maximum Gasteiger partial charge on any atom is 0.529 e. The van der Waals surface area contributed by atoms with Crippen molar-refractivity contribution in [2.45, 2.75) is 33.6 Å². The summed E-state index contributed by atoms with van der Waals surface area (Å²) >= 11 is 0. The van der Waals surface area contributed by atoms with Gasteiger partial charge in [-0.15, -0.1) is 0 Å². The molecule has 0 aliphatic heterocycles. The lowest BCUT2D eigenvalue weighted by Gasteiger charge is -2.20. The van der Waals surface area contributed by atoms with Gasteiger partial charge in [0.25, 0.3) is 0 Å². The SMILES string of the molecule is CCOP(=O)(OCC)OC1=CC=C(C)CC1. The molecule has 0 bridgehead atoms. The lowest BCUT2D eigenvalue weighted by molar-refractivity contribution is 0.143. The topological polar surface area (TPSA) is 44.8 Å². The van der Waals surface area contributed by atoms with Gasteiger partial charge in [-0.05, 0) is 33.3 Å². The van der Waals surface area contributed by atoms with Crippen molar-refractivity contribution >= 4 is 7.82 Å². The molecule has 0 spiro atoms. The van der Waals surface area contributed by atoms with Crippen molar-refractivity contribution in [1.82, 2.24) is 0 Å². The van der Waals surface area contributed by atoms with Crippen molar-refractivity contribution in [3.63, 3.8) is 0 Å². The number of allylic oxidation sites excluding steroid dienone is 4. The Balaban J connectivity index is 2.65. The first-order chi connectivity index (χ1) is 7.59. The van der Waals surface area contributed by atoms with Crippen molar-refractivity contribution in [2.75, 3.05) is 13.2 Å². The molecule has 0 saturated heterocycles. The first kappa shape index (κ1) is 13.5. The third-order valence-electron chi connectivity index (χ3n) is 2.12. The maximum atomic E-state index is 12.0. The van der Waals surface area contributed by atoms with Crippen LogP contribution in [0.15, 0.2) is 23.5 Å². The average Bonchev–Trinajstić information content (AvgIpc) is 2.22. The second-order valence-corrected chi connectivity index (χ2v) is 5.11. The second kappa shape index (κ2) is 6.24. The average molecular weight is 246 g/mol. The Bertz CT molecular complexity index is 323. The van der Waals surface area contributed by atoms with Crippen LogP contribution in [0.1, 0.15) is 33.6 Å². The molecule has 0 atom stereocenters. The van der Waals surface area contributed by atoms with Gasteiger partial charge in [-0.2, -0.15) is 0 Å². The highest BCUT2D eigenvalue weighted by atomic mass is 31.2. The Morgan fingerprint density at radius 2 is 1.81 bits per heavy atom. The van der Waals surface area contributed by atoms with Crippen LogP contribution in [-0.4, -0.2) is 13.2 Å². The molecule has 0 aromatic carbocycles. The molecule has 0 unspecified atom stereocenters. The molecule has 16 heavy (non-hydrogen) atoms. The molecule has 1 rings (SSSR count). The molecule has 0 N–H and O–H groups in total. The van der Waals surface area contributed by atoms with Crippen molar-refractivity contribution in [3.8, 4) is 0 Å². The molecule has 1 aliphatic rings. The smallest absolute Gasteiger partial charge is 0.409 e. The van der Waals surface area contributed by atoms with Crippen molar-refractivity contribution < 1.29 is 18.1 Å². The van der Waals surface area contributed by atoms with Crippen LogP contribution in [0.2, 0.25) is 0 Å². The summed E-state index contributed by atoms with van der Waals surface area (Å²) in [5, 5.41) is 0. The van der Waals surface area contributed by atoms with Gasteiger partial charge in [0.1, 0.15) is 5.76 Å². The van der Waals surface area contributed by atoms with Gasteiger partial charge in [-0.25, -0.2) is 4.57 Å². The minimum Gasteiger partial charge on any atom is -0.409 e. The molecular weight excluding hydrogens is 227 g/mol. The fourth-order valence-corrected chi connectivity index (χ4v) is 2.60. The summed E-state index contributed by atoms with van der Waals surface area (Å²) in [5.41, 5.74) is 1.29. The van der Waals surface area contributed by atoms with Gasteiger partial charge < -0.3 is 4.52 Å². The number of hydrogen-bond acceptors (Lipinski definition) is 4. The highest BCUT2D eigenvalue weighted by molar-refractivity contribution is 7.48. The van der Waals surface area contributed by atoms with Crippen LogP contribution in [0, 0.1) is 0 Å². The monoisotopic (exact) mass is 246 g/mol. The van der Waals surface area contributed by atoms with Crippen LogP contribution in [-0.2, 0) is 18.1 Å². The third-order valence-corrected chi connectivity index (χ3v) is 3.73. The molecule has 0 amide bonds. The maximum absolute atomic E-state index is 12.0. The van der Waals surface area contributed by atoms with Crippen LogP contribution >= 0.6 is 7.82 Å². The van der Waals surface area contributed by atoms with E-state index < -0.39 is 7.82 Å². The van der Waals surface area contributed by atoms with Crippen LogP contribution in [0.25, 0.3) is 0 Å². The summed E-state index contributed by atoms with van der Waals surface area (Å²) in [4.78, 5) is 0. The van der Waals surface area contributed by atoms with E-state index in [-0.39, 0.29) is 0 Å². The lowest BCUT2D eigenvalue weighted by atomic mass is 10.1. The largest absolute Gasteiger partial charge is 0.529 e. The molecule has 0 heterocycles. The zero-order valence-corrected chi connectivity index (χ0v) is 11.0. The van der Waals surface area contributed by atoms with Gasteiger partial charge in [0.15, 0.2) is 0 Å². The van der Waals surface area contributed by atoms with Gasteiger partial charge in [-0.3, -0.25) is 9.05 Å². The fraction of sp³-hybridized carbons (Fsp3) is 0.636. The van der Waals surface area contributed by atoms with E-state index in [0.717, 1.165) is 12.8 Å². The molecule has 0 fully saturated rings. The van der Waals surface area contributed by atoms with Gasteiger partial charge in [0.2, 0.25) is 0 Å². The van der Waals surface area contributed by atoms with Crippen LogP contribution in [0.3, 0.4) is 0 Å². The minimum atomic E-state index is -3.41. The molecule has 5 heteroatoms. The van der Waals surface area contributed by atoms with Gasteiger partial charge in [-0.1, -0.05) is 11.6 Å². The number of rotatable bonds is 6. The molecule has 92 valence electrons. The Morgan fingerprint density at radius 1 is 1.19 bits per heavy atom. The van der Waals surface area contributed by atoms with Gasteiger partial charge in [0, 0.05) is 6.42 Å². The fourth-order valence-electron chi connectivity index (χ4n) is 1.35. The lowest BCUT2D eigenvalue weighted by Crippen LogP contribution is -2.02. The zero-order valence-electron chi connectivity index (χ0n) is 10.1. The van der Waals surface area contributed by atoms with E-state index >= 15 is 0 Å². The summed E-state index contributed by atoms with van der Waals surface area (Å²) in [6.07, 6.45) is 5.45. The molecule has 0 aromatic rings. The molecule has 4 nitrogen and oxygen atoms in total. The Hall–Kier alpha value is -0.570. The van der Waals surface area contributed by atoms with E-state index in [1.165, 1.54) is 5.57 Å². The summed E-state index contributed by atoms with van der Waals surface area (Å²) in [6, 6.07) is 0. The number of hydrogen-bond donors (Lipinski definition) is 0. The quantitative estimate of drug-likeness (QED) is 0.668. The van der Waals surface area contributed by atoms with Crippen molar-refractivity contribution in [1.29, 1.82) is 0 Å². The Labute approximate surface area is 96.9 Å². The molecule has 0 aromatic heterocycles. The molecule has 1 aliphatic carbocycles. The van der Waals surface area contributed by atoms with Crippen LogP contribution in [0.4, 0.5) is 0 Å². The number of phosphoric acid groups is 1. The van der Waals surface area contributed by atoms with E-state index in [4.69, 9.17) is 13.6 Å². The third kappa shape index (κ3) is 4.12. The minimum absolute atomic E-state index is 0.305. The summed E-state index contributed by atoms with van der Waals surface area (Å²) < 4.78 is 27.5. The molecular formula is C11H19O4P. The summed E-state index contributed by atoms with van der Waals surface area (Å²) in [7, 11) is -3.41. The van der Waals surface area contributed by atoms with E-state index in [9.17, 15) is 4.57 Å². The first-order valence-corrected chi connectivity index (χ1v) is 7.00. The predicted molar refractivity (Wildman–Crippen MR) is 63.0 cm³/mol. The van der Waals surface area contributed by atoms with E-state index in [2.05, 4.69) is 6.92 Å². The number of phosphoric ester groups is 1. The highest BCUT2D eigenvalue weighted by Gasteiger charge is 2.28. The second-order valence-electron chi connectivity index (χ2n) is 3.52. The van der Waals surface area contributed by atoms with Gasteiger partial charge in [0.05, 0.1) is 13.2 Å². The Morgan fingerprint density at radius 3 is 2.25 bits per heavy atom. The summed E-state index contributed by atoms with van der Waals surface area (Å²) in [5.74, 6) is 0.663. The predicted octanol–water partition coefficient (Wildman–Crippen LogP) is 3.81. The normalized spacial score (nSPS) is 16.7. The van der Waals surface area contributed by atoms with Crippen LogP contribution < -0.4 is 0 Å². The van der Waals surface area contributed by atoms with Crippen LogP contribution in [0.5, 0.6) is 0 Å². The zero-order chi connectivity index (χ0) is 12.0. The van der Waals surface area contributed by atoms with Crippen molar-refractivity contribution in [3.05, 3.63) is 23.5 Å². The summed E-state index contributed by atoms with van der Waals surface area (Å²) in [6.45, 7) is 6.18. The van der Waals surface area contributed by atoms with E-state index in [1.54, 1.807) is 13.8 Å².